The van der Waals surface area contributed by atoms with E-state index in [1.807, 2.05) is 30.3 Å². The van der Waals surface area contributed by atoms with Gasteiger partial charge >= 0.3 is 0 Å². The Morgan fingerprint density at radius 3 is 2.30 bits per heavy atom. The molecule has 30 heavy (non-hydrogen) atoms. The van der Waals surface area contributed by atoms with Crippen LogP contribution in [0.3, 0.4) is 0 Å². The van der Waals surface area contributed by atoms with Gasteiger partial charge in [-0.15, -0.1) is 0 Å². The molecule has 1 saturated heterocycles. The Kier molecular flexibility index (Phi) is 6.08. The molecule has 1 fully saturated rings. The zero-order chi connectivity index (χ0) is 21.5. The zero-order valence-corrected chi connectivity index (χ0v) is 20.1. The van der Waals surface area contributed by atoms with Crippen molar-refractivity contribution in [3.63, 3.8) is 0 Å². The van der Waals surface area contributed by atoms with Gasteiger partial charge in [0.1, 0.15) is 0 Å². The Morgan fingerprint density at radius 1 is 1.00 bits per heavy atom. The highest BCUT2D eigenvalue weighted by molar-refractivity contribution is 9.10. The van der Waals surface area contributed by atoms with Crippen LogP contribution in [0.5, 0.6) is 0 Å². The number of halogens is 1. The molecule has 0 unspecified atom stereocenters. The molecule has 1 aliphatic rings. The molecule has 0 atom stereocenters. The van der Waals surface area contributed by atoms with E-state index in [9.17, 15) is 8.42 Å². The first-order valence-corrected chi connectivity index (χ1v) is 12.6. The SMILES string of the molecule is CC(C)c1ccc(S(=O)(=O)n2cc(CN3CCN(C)CC3)c3c(Br)cccc32)cc1. The van der Waals surface area contributed by atoms with Crippen LogP contribution in [-0.4, -0.2) is 55.4 Å². The van der Waals surface area contributed by atoms with Crippen molar-refractivity contribution in [1.82, 2.24) is 13.8 Å². The number of nitrogens with zero attached hydrogens (tertiary/aromatic N) is 3. The third-order valence-electron chi connectivity index (χ3n) is 5.92. The molecule has 0 bridgehead atoms. The van der Waals surface area contributed by atoms with Gasteiger partial charge in [-0.05, 0) is 48.4 Å². The van der Waals surface area contributed by atoms with Gasteiger partial charge in [0.05, 0.1) is 10.4 Å². The van der Waals surface area contributed by atoms with Crippen molar-refractivity contribution in [3.8, 4) is 0 Å². The van der Waals surface area contributed by atoms with Crippen LogP contribution in [0.15, 0.2) is 58.0 Å². The fourth-order valence-electron chi connectivity index (χ4n) is 3.99. The summed E-state index contributed by atoms with van der Waals surface area (Å²) in [7, 11) is -1.55. The summed E-state index contributed by atoms with van der Waals surface area (Å²) >= 11 is 3.65. The lowest BCUT2D eigenvalue weighted by molar-refractivity contribution is 0.148. The van der Waals surface area contributed by atoms with Gasteiger partial charge in [-0.1, -0.05) is 48.0 Å². The van der Waals surface area contributed by atoms with Crippen molar-refractivity contribution < 1.29 is 8.42 Å². The summed E-state index contributed by atoms with van der Waals surface area (Å²) in [5, 5.41) is 0.971. The molecular weight excluding hydrogens is 462 g/mol. The fourth-order valence-corrected chi connectivity index (χ4v) is 5.99. The van der Waals surface area contributed by atoms with Crippen LogP contribution in [0.2, 0.25) is 0 Å². The highest BCUT2D eigenvalue weighted by atomic mass is 79.9. The van der Waals surface area contributed by atoms with Crippen LogP contribution < -0.4 is 0 Å². The van der Waals surface area contributed by atoms with Crippen LogP contribution in [0, 0.1) is 0 Å². The number of likely N-dealkylation sites (N-methyl/N-ethyl adjacent to an activating group) is 1. The second-order valence-corrected chi connectivity index (χ2v) is 11.1. The number of fused-ring (bicyclic) bond motifs is 1. The lowest BCUT2D eigenvalue weighted by Gasteiger charge is -2.32. The van der Waals surface area contributed by atoms with E-state index in [0.29, 0.717) is 16.3 Å². The summed E-state index contributed by atoms with van der Waals surface area (Å²) < 4.78 is 29.4. The minimum absolute atomic E-state index is 0.315. The molecule has 2 heterocycles. The molecule has 0 saturated carbocycles. The quantitative estimate of drug-likeness (QED) is 0.528. The van der Waals surface area contributed by atoms with E-state index in [4.69, 9.17) is 0 Å². The van der Waals surface area contributed by atoms with E-state index in [-0.39, 0.29) is 0 Å². The van der Waals surface area contributed by atoms with Gasteiger partial charge in [-0.2, -0.15) is 0 Å². The molecule has 2 aromatic carbocycles. The summed E-state index contributed by atoms with van der Waals surface area (Å²) in [5.41, 5.74) is 2.87. The minimum atomic E-state index is -3.68. The van der Waals surface area contributed by atoms with Gasteiger partial charge in [0.15, 0.2) is 0 Å². The van der Waals surface area contributed by atoms with E-state index in [1.54, 1.807) is 18.3 Å². The molecule has 1 aliphatic heterocycles. The van der Waals surface area contributed by atoms with E-state index < -0.39 is 10.0 Å². The molecule has 1 aromatic heterocycles. The highest BCUT2D eigenvalue weighted by Gasteiger charge is 2.24. The average Bonchev–Trinajstić information content (AvgIpc) is 3.10. The number of piperazine rings is 1. The summed E-state index contributed by atoms with van der Waals surface area (Å²) in [6, 6.07) is 13.0. The molecule has 0 amide bonds. The molecule has 7 heteroatoms. The van der Waals surface area contributed by atoms with Gasteiger partial charge in [-0.25, -0.2) is 12.4 Å². The number of hydrogen-bond donors (Lipinski definition) is 0. The van der Waals surface area contributed by atoms with Crippen molar-refractivity contribution in [3.05, 3.63) is 64.3 Å². The van der Waals surface area contributed by atoms with Crippen molar-refractivity contribution in [2.45, 2.75) is 31.2 Å². The lowest BCUT2D eigenvalue weighted by Crippen LogP contribution is -2.43. The molecule has 4 rings (SSSR count). The van der Waals surface area contributed by atoms with E-state index >= 15 is 0 Å². The Hall–Kier alpha value is -1.67. The van der Waals surface area contributed by atoms with Gasteiger partial charge < -0.3 is 4.90 Å². The summed E-state index contributed by atoms with van der Waals surface area (Å²) in [4.78, 5) is 5.03. The first-order chi connectivity index (χ1) is 14.3. The van der Waals surface area contributed by atoms with Gasteiger partial charge in [0, 0.05) is 48.8 Å². The van der Waals surface area contributed by atoms with Gasteiger partial charge in [-0.3, -0.25) is 4.90 Å². The van der Waals surface area contributed by atoms with Crippen molar-refractivity contribution in [2.24, 2.45) is 0 Å². The second kappa shape index (κ2) is 8.46. The van der Waals surface area contributed by atoms with Crippen LogP contribution in [0.4, 0.5) is 0 Å². The number of benzene rings is 2. The smallest absolute Gasteiger partial charge is 0.268 e. The standard InChI is InChI=1S/C23H28BrN3O2S/c1-17(2)18-7-9-20(10-8-18)30(28,29)27-16-19(15-26-13-11-25(3)12-14-26)23-21(24)5-4-6-22(23)27/h4-10,16-17H,11-15H2,1-3H3. The molecule has 5 nitrogen and oxygen atoms in total. The first kappa shape index (κ1) is 21.6. The van der Waals surface area contributed by atoms with E-state index in [2.05, 4.69) is 46.6 Å². The van der Waals surface area contributed by atoms with Crippen LogP contribution >= 0.6 is 15.9 Å². The molecular formula is C23H28BrN3O2S. The third kappa shape index (κ3) is 4.08. The molecule has 0 aliphatic carbocycles. The fraction of sp³-hybridized carbons (Fsp3) is 0.391. The lowest BCUT2D eigenvalue weighted by atomic mass is 10.0. The highest BCUT2D eigenvalue weighted by Crippen LogP contribution is 2.33. The molecule has 3 aromatic rings. The minimum Gasteiger partial charge on any atom is -0.304 e. The summed E-state index contributed by atoms with van der Waals surface area (Å²) in [6.07, 6.45) is 1.80. The maximum atomic E-state index is 13.5. The normalized spacial score (nSPS) is 16.6. The summed E-state index contributed by atoms with van der Waals surface area (Å²) in [5.74, 6) is 0.361. The molecule has 0 spiro atoms. The number of aromatic nitrogens is 1. The third-order valence-corrected chi connectivity index (χ3v) is 8.27. The zero-order valence-electron chi connectivity index (χ0n) is 17.7. The van der Waals surface area contributed by atoms with Crippen LogP contribution in [0.1, 0.15) is 30.9 Å². The average molecular weight is 490 g/mol. The van der Waals surface area contributed by atoms with Crippen molar-refractivity contribution in [2.75, 3.05) is 33.2 Å². The largest absolute Gasteiger partial charge is 0.304 e. The number of rotatable bonds is 5. The van der Waals surface area contributed by atoms with Crippen LogP contribution in [-0.2, 0) is 16.6 Å². The van der Waals surface area contributed by atoms with E-state index in [1.165, 1.54) is 3.97 Å². The molecule has 0 N–H and O–H groups in total. The predicted molar refractivity (Wildman–Crippen MR) is 126 cm³/mol. The van der Waals surface area contributed by atoms with Crippen LogP contribution in [0.25, 0.3) is 10.9 Å². The Morgan fingerprint density at radius 2 is 1.67 bits per heavy atom. The maximum absolute atomic E-state index is 13.5. The first-order valence-electron chi connectivity index (χ1n) is 10.3. The van der Waals surface area contributed by atoms with E-state index in [0.717, 1.165) is 53.7 Å². The van der Waals surface area contributed by atoms with Gasteiger partial charge in [0.25, 0.3) is 10.0 Å². The van der Waals surface area contributed by atoms with Gasteiger partial charge in [0.2, 0.25) is 0 Å². The summed E-state index contributed by atoms with van der Waals surface area (Å²) in [6.45, 7) is 8.96. The number of hydrogen-bond acceptors (Lipinski definition) is 4. The monoisotopic (exact) mass is 489 g/mol. The molecule has 0 radical (unpaired) electrons. The topological polar surface area (TPSA) is 45.6 Å². The Balaban J connectivity index is 1.76. The maximum Gasteiger partial charge on any atom is 0.268 e. The molecule has 160 valence electrons. The van der Waals surface area contributed by atoms with Crippen molar-refractivity contribution >= 4 is 36.9 Å². The second-order valence-electron chi connectivity index (χ2n) is 8.39. The Bertz CT molecular complexity index is 1150. The predicted octanol–water partition coefficient (Wildman–Crippen LogP) is 4.51. The van der Waals surface area contributed by atoms with Crippen molar-refractivity contribution in [1.29, 1.82) is 0 Å². The Labute approximate surface area is 187 Å².